The van der Waals surface area contributed by atoms with Crippen LogP contribution in [0.5, 0.6) is 0 Å². The first-order valence-electron chi connectivity index (χ1n) is 7.13. The molecule has 0 radical (unpaired) electrons. The highest BCUT2D eigenvalue weighted by Crippen LogP contribution is 2.39. The van der Waals surface area contributed by atoms with Gasteiger partial charge in [0, 0.05) is 11.6 Å². The first kappa shape index (κ1) is 11.2. The number of nitrogens with two attached hydrogens (primary N) is 1. The van der Waals surface area contributed by atoms with E-state index in [9.17, 15) is 0 Å². The van der Waals surface area contributed by atoms with Gasteiger partial charge < -0.3 is 10.3 Å². The van der Waals surface area contributed by atoms with E-state index in [4.69, 9.17) is 5.73 Å². The standard InChI is InChI=1S/C15H18N4/c16-9-14-17-18-15(19(14)13-6-7-13)12-5-4-10-2-1-3-11(10)8-12/h4-5,8,13H,1-3,6-7,9,16H2. The van der Waals surface area contributed by atoms with E-state index in [2.05, 4.69) is 33.0 Å². The van der Waals surface area contributed by atoms with Crippen LogP contribution in [-0.4, -0.2) is 14.8 Å². The Morgan fingerprint density at radius 3 is 2.79 bits per heavy atom. The summed E-state index contributed by atoms with van der Waals surface area (Å²) in [5.74, 6) is 1.91. The molecule has 0 amide bonds. The van der Waals surface area contributed by atoms with Crippen molar-refractivity contribution in [1.82, 2.24) is 14.8 Å². The molecule has 0 saturated heterocycles. The van der Waals surface area contributed by atoms with Crippen LogP contribution in [0.25, 0.3) is 11.4 Å². The minimum absolute atomic E-state index is 0.467. The van der Waals surface area contributed by atoms with Gasteiger partial charge in [-0.3, -0.25) is 0 Å². The van der Waals surface area contributed by atoms with Gasteiger partial charge in [0.15, 0.2) is 5.82 Å². The molecule has 4 rings (SSSR count). The summed E-state index contributed by atoms with van der Waals surface area (Å²) in [5.41, 5.74) is 9.95. The average Bonchev–Trinajstić information content (AvgIpc) is 3.02. The van der Waals surface area contributed by atoms with Crippen LogP contribution in [0, 0.1) is 0 Å². The quantitative estimate of drug-likeness (QED) is 0.913. The Bertz CT molecular complexity index is 625. The maximum absolute atomic E-state index is 5.77. The molecule has 2 aromatic rings. The summed E-state index contributed by atoms with van der Waals surface area (Å²) < 4.78 is 2.25. The lowest BCUT2D eigenvalue weighted by atomic mass is 10.1. The maximum atomic E-state index is 5.77. The predicted molar refractivity (Wildman–Crippen MR) is 73.6 cm³/mol. The number of rotatable bonds is 3. The lowest BCUT2D eigenvalue weighted by molar-refractivity contribution is 0.688. The third kappa shape index (κ3) is 1.78. The Morgan fingerprint density at radius 1 is 1.16 bits per heavy atom. The van der Waals surface area contributed by atoms with E-state index < -0.39 is 0 Å². The zero-order valence-corrected chi connectivity index (χ0v) is 11.0. The molecule has 4 nitrogen and oxygen atoms in total. The molecule has 0 atom stereocenters. The van der Waals surface area contributed by atoms with E-state index >= 15 is 0 Å². The van der Waals surface area contributed by atoms with Crippen molar-refractivity contribution in [3.05, 3.63) is 35.2 Å². The fourth-order valence-corrected chi connectivity index (χ4v) is 3.09. The van der Waals surface area contributed by atoms with Crippen molar-refractivity contribution in [3.63, 3.8) is 0 Å². The van der Waals surface area contributed by atoms with E-state index in [0.717, 1.165) is 11.6 Å². The molecular weight excluding hydrogens is 236 g/mol. The van der Waals surface area contributed by atoms with Crippen LogP contribution in [0.3, 0.4) is 0 Å². The van der Waals surface area contributed by atoms with Crippen molar-refractivity contribution in [3.8, 4) is 11.4 Å². The van der Waals surface area contributed by atoms with Crippen molar-refractivity contribution in [2.75, 3.05) is 0 Å². The van der Waals surface area contributed by atoms with Gasteiger partial charge in [0.05, 0.1) is 6.54 Å². The number of hydrogen-bond donors (Lipinski definition) is 1. The molecule has 2 aliphatic rings. The molecule has 98 valence electrons. The fraction of sp³-hybridized carbons (Fsp3) is 0.467. The summed E-state index contributed by atoms with van der Waals surface area (Å²) in [6.45, 7) is 0.467. The zero-order chi connectivity index (χ0) is 12.8. The first-order chi connectivity index (χ1) is 9.36. The first-order valence-corrected chi connectivity index (χ1v) is 7.13. The number of fused-ring (bicyclic) bond motifs is 1. The van der Waals surface area contributed by atoms with Gasteiger partial charge in [0.1, 0.15) is 5.82 Å². The minimum atomic E-state index is 0.467. The van der Waals surface area contributed by atoms with Crippen molar-refractivity contribution in [2.24, 2.45) is 5.73 Å². The molecule has 1 fully saturated rings. The summed E-state index contributed by atoms with van der Waals surface area (Å²) in [5, 5.41) is 8.63. The van der Waals surface area contributed by atoms with Crippen molar-refractivity contribution < 1.29 is 0 Å². The topological polar surface area (TPSA) is 56.7 Å². The average molecular weight is 254 g/mol. The molecule has 0 spiro atoms. The Kier molecular flexibility index (Phi) is 2.45. The molecule has 0 bridgehead atoms. The molecule has 1 aromatic carbocycles. The van der Waals surface area contributed by atoms with Gasteiger partial charge >= 0.3 is 0 Å². The van der Waals surface area contributed by atoms with Crippen molar-refractivity contribution >= 4 is 0 Å². The fourth-order valence-electron chi connectivity index (χ4n) is 3.09. The zero-order valence-electron chi connectivity index (χ0n) is 11.0. The second kappa shape index (κ2) is 4.17. The van der Waals surface area contributed by atoms with Crippen LogP contribution >= 0.6 is 0 Å². The van der Waals surface area contributed by atoms with Gasteiger partial charge in [0.25, 0.3) is 0 Å². The van der Waals surface area contributed by atoms with Gasteiger partial charge in [-0.15, -0.1) is 10.2 Å². The van der Waals surface area contributed by atoms with Gasteiger partial charge in [0.2, 0.25) is 0 Å². The highest BCUT2D eigenvalue weighted by molar-refractivity contribution is 5.59. The van der Waals surface area contributed by atoms with Gasteiger partial charge in [-0.2, -0.15) is 0 Å². The lowest BCUT2D eigenvalue weighted by Gasteiger charge is -2.09. The molecule has 1 saturated carbocycles. The van der Waals surface area contributed by atoms with E-state index in [0.29, 0.717) is 12.6 Å². The molecule has 0 aliphatic heterocycles. The Morgan fingerprint density at radius 2 is 2.00 bits per heavy atom. The molecule has 0 unspecified atom stereocenters. The van der Waals surface area contributed by atoms with Crippen LogP contribution in [0.2, 0.25) is 0 Å². The van der Waals surface area contributed by atoms with E-state index in [-0.39, 0.29) is 0 Å². The van der Waals surface area contributed by atoms with E-state index in [1.54, 1.807) is 0 Å². The lowest BCUT2D eigenvalue weighted by Crippen LogP contribution is -2.08. The molecular formula is C15H18N4. The Labute approximate surface area is 112 Å². The molecule has 2 N–H and O–H groups in total. The van der Waals surface area contributed by atoms with Crippen LogP contribution in [-0.2, 0) is 19.4 Å². The maximum Gasteiger partial charge on any atom is 0.164 e. The second-order valence-electron chi connectivity index (χ2n) is 5.58. The second-order valence-corrected chi connectivity index (χ2v) is 5.58. The summed E-state index contributed by atoms with van der Waals surface area (Å²) in [6.07, 6.45) is 6.15. The normalized spacial score (nSPS) is 17.7. The SMILES string of the molecule is NCc1nnc(-c2ccc3c(c2)CCC3)n1C1CC1. The van der Waals surface area contributed by atoms with Crippen molar-refractivity contribution in [1.29, 1.82) is 0 Å². The third-order valence-corrected chi connectivity index (χ3v) is 4.22. The molecule has 4 heteroatoms. The summed E-state index contributed by atoms with van der Waals surface area (Å²) in [7, 11) is 0. The van der Waals surface area contributed by atoms with Gasteiger partial charge in [-0.05, 0) is 49.3 Å². The predicted octanol–water partition coefficient (Wildman–Crippen LogP) is 2.23. The summed E-state index contributed by atoms with van der Waals surface area (Å²) in [6, 6.07) is 7.31. The summed E-state index contributed by atoms with van der Waals surface area (Å²) in [4.78, 5) is 0. The van der Waals surface area contributed by atoms with Gasteiger partial charge in [-0.25, -0.2) is 0 Å². The minimum Gasteiger partial charge on any atom is -0.324 e. The van der Waals surface area contributed by atoms with Crippen LogP contribution < -0.4 is 5.73 Å². The molecule has 1 heterocycles. The van der Waals surface area contributed by atoms with Crippen LogP contribution in [0.1, 0.15) is 42.3 Å². The number of benzene rings is 1. The van der Waals surface area contributed by atoms with E-state index in [1.165, 1.54) is 48.8 Å². The summed E-state index contributed by atoms with van der Waals surface area (Å²) >= 11 is 0. The Balaban J connectivity index is 1.81. The molecule has 1 aromatic heterocycles. The van der Waals surface area contributed by atoms with Crippen molar-refractivity contribution in [2.45, 2.75) is 44.7 Å². The monoisotopic (exact) mass is 254 g/mol. The largest absolute Gasteiger partial charge is 0.324 e. The number of aromatic nitrogens is 3. The number of aryl methyl sites for hydroxylation is 2. The van der Waals surface area contributed by atoms with Crippen LogP contribution in [0.15, 0.2) is 18.2 Å². The molecule has 2 aliphatic carbocycles. The molecule has 19 heavy (non-hydrogen) atoms. The number of hydrogen-bond acceptors (Lipinski definition) is 3. The number of nitrogens with zero attached hydrogens (tertiary/aromatic N) is 3. The highest BCUT2D eigenvalue weighted by Gasteiger charge is 2.29. The van der Waals surface area contributed by atoms with Gasteiger partial charge in [-0.1, -0.05) is 12.1 Å². The van der Waals surface area contributed by atoms with E-state index in [1.807, 2.05) is 0 Å². The highest BCUT2D eigenvalue weighted by atomic mass is 15.3. The Hall–Kier alpha value is -1.68. The third-order valence-electron chi connectivity index (χ3n) is 4.22. The smallest absolute Gasteiger partial charge is 0.164 e. The van der Waals surface area contributed by atoms with Crippen LogP contribution in [0.4, 0.5) is 0 Å².